The number of benzene rings is 1. The summed E-state index contributed by atoms with van der Waals surface area (Å²) in [6, 6.07) is 1.96. The Bertz CT molecular complexity index is 749. The molecule has 1 amide bonds. The second kappa shape index (κ2) is 7.76. The molecule has 0 radical (unpaired) electrons. The summed E-state index contributed by atoms with van der Waals surface area (Å²) in [6.45, 7) is 3.77. The Labute approximate surface area is 162 Å². The van der Waals surface area contributed by atoms with Crippen molar-refractivity contribution in [3.8, 4) is 0 Å². The second-order valence-corrected chi connectivity index (χ2v) is 8.12. The van der Waals surface area contributed by atoms with Gasteiger partial charge in [0.1, 0.15) is 5.82 Å². The second-order valence-electron chi connectivity index (χ2n) is 8.12. The largest absolute Gasteiger partial charge is 0.416 e. The van der Waals surface area contributed by atoms with Crippen LogP contribution in [0.2, 0.25) is 0 Å². The van der Waals surface area contributed by atoms with E-state index in [0.29, 0.717) is 36.9 Å². The van der Waals surface area contributed by atoms with Crippen molar-refractivity contribution < 1.29 is 22.4 Å². The van der Waals surface area contributed by atoms with Gasteiger partial charge < -0.3 is 11.1 Å². The lowest BCUT2D eigenvalue weighted by molar-refractivity contribution is -0.137. The van der Waals surface area contributed by atoms with Gasteiger partial charge in [-0.05, 0) is 37.3 Å². The lowest BCUT2D eigenvalue weighted by Crippen LogP contribution is -2.45. The molecule has 3 nitrogen and oxygen atoms in total. The molecule has 0 saturated heterocycles. The standard InChI is InChI=1S/C21H26F4N2O/c1-13(26)18(11-14-5-3-2-4-6-14)27-19(28)20(9-10-20)16-8-7-15(12-17(16)22)21(23,24)25/h7-8,12,14,18H,1-6,9-11,26H2,(H,27,28)/t18-/m0/s1. The number of hydrogen-bond acceptors (Lipinski definition) is 2. The summed E-state index contributed by atoms with van der Waals surface area (Å²) in [5.41, 5.74) is 4.08. The zero-order chi connectivity index (χ0) is 20.5. The normalized spacial score (nSPS) is 20.4. The quantitative estimate of drug-likeness (QED) is 0.676. The highest BCUT2D eigenvalue weighted by molar-refractivity contribution is 5.91. The van der Waals surface area contributed by atoms with Gasteiger partial charge in [-0.1, -0.05) is 44.7 Å². The minimum Gasteiger partial charge on any atom is -0.401 e. The van der Waals surface area contributed by atoms with E-state index in [2.05, 4.69) is 11.9 Å². The van der Waals surface area contributed by atoms with E-state index in [1.807, 2.05) is 0 Å². The van der Waals surface area contributed by atoms with Crippen molar-refractivity contribution in [3.05, 3.63) is 47.4 Å². The third kappa shape index (κ3) is 4.33. The number of rotatable bonds is 6. The first-order valence-corrected chi connectivity index (χ1v) is 9.76. The summed E-state index contributed by atoms with van der Waals surface area (Å²) in [6.07, 6.45) is 2.55. The molecule has 0 unspecified atom stereocenters. The van der Waals surface area contributed by atoms with Crippen molar-refractivity contribution >= 4 is 5.91 Å². The maximum Gasteiger partial charge on any atom is 0.416 e. The average molecular weight is 398 g/mol. The minimum absolute atomic E-state index is 0.0112. The zero-order valence-corrected chi connectivity index (χ0v) is 15.7. The summed E-state index contributed by atoms with van der Waals surface area (Å²) in [5.74, 6) is -0.936. The highest BCUT2D eigenvalue weighted by atomic mass is 19.4. The van der Waals surface area contributed by atoms with Crippen molar-refractivity contribution in [2.45, 2.75) is 69.0 Å². The summed E-state index contributed by atoms with van der Waals surface area (Å²) < 4.78 is 52.8. The fourth-order valence-corrected chi connectivity index (χ4v) is 4.18. The number of carbonyl (C=O) groups is 1. The van der Waals surface area contributed by atoms with E-state index in [-0.39, 0.29) is 5.56 Å². The Morgan fingerprint density at radius 1 is 1.25 bits per heavy atom. The smallest absolute Gasteiger partial charge is 0.401 e. The molecule has 28 heavy (non-hydrogen) atoms. The van der Waals surface area contributed by atoms with Crippen LogP contribution in [0, 0.1) is 11.7 Å². The number of nitrogens with one attached hydrogen (secondary N) is 1. The van der Waals surface area contributed by atoms with E-state index in [9.17, 15) is 22.4 Å². The van der Waals surface area contributed by atoms with Gasteiger partial charge in [0.25, 0.3) is 0 Å². The first kappa shape index (κ1) is 20.7. The molecule has 1 aromatic rings. The van der Waals surface area contributed by atoms with Crippen LogP contribution >= 0.6 is 0 Å². The molecule has 1 aromatic carbocycles. The van der Waals surface area contributed by atoms with Gasteiger partial charge >= 0.3 is 6.18 Å². The molecular weight excluding hydrogens is 372 g/mol. The molecule has 0 heterocycles. The van der Waals surface area contributed by atoms with Crippen LogP contribution in [0.4, 0.5) is 17.6 Å². The Morgan fingerprint density at radius 2 is 1.89 bits per heavy atom. The summed E-state index contributed by atoms with van der Waals surface area (Å²) in [5, 5.41) is 2.88. The van der Waals surface area contributed by atoms with Crippen molar-refractivity contribution in [2.75, 3.05) is 0 Å². The zero-order valence-electron chi connectivity index (χ0n) is 15.7. The van der Waals surface area contributed by atoms with Crippen LogP contribution in [-0.4, -0.2) is 11.9 Å². The van der Waals surface area contributed by atoms with Crippen molar-refractivity contribution in [1.29, 1.82) is 0 Å². The van der Waals surface area contributed by atoms with E-state index < -0.39 is 34.9 Å². The van der Waals surface area contributed by atoms with E-state index >= 15 is 0 Å². The van der Waals surface area contributed by atoms with Crippen LogP contribution in [0.1, 0.15) is 62.5 Å². The number of halogens is 4. The molecule has 3 N–H and O–H groups in total. The maximum absolute atomic E-state index is 14.4. The van der Waals surface area contributed by atoms with Gasteiger partial charge in [-0.2, -0.15) is 13.2 Å². The summed E-state index contributed by atoms with van der Waals surface area (Å²) in [7, 11) is 0. The topological polar surface area (TPSA) is 55.1 Å². The number of hydrogen-bond donors (Lipinski definition) is 2. The third-order valence-corrected chi connectivity index (χ3v) is 6.04. The van der Waals surface area contributed by atoms with Crippen LogP contribution in [0.15, 0.2) is 30.5 Å². The van der Waals surface area contributed by atoms with Gasteiger partial charge in [0.2, 0.25) is 5.91 Å². The molecule has 3 rings (SSSR count). The van der Waals surface area contributed by atoms with Crippen LogP contribution in [-0.2, 0) is 16.4 Å². The van der Waals surface area contributed by atoms with E-state index in [4.69, 9.17) is 5.73 Å². The van der Waals surface area contributed by atoms with Crippen LogP contribution in [0.3, 0.4) is 0 Å². The lowest BCUT2D eigenvalue weighted by atomic mass is 9.84. The predicted octanol–water partition coefficient (Wildman–Crippen LogP) is 4.80. The molecule has 2 fully saturated rings. The van der Waals surface area contributed by atoms with Crippen molar-refractivity contribution in [3.63, 3.8) is 0 Å². The molecule has 0 bridgehead atoms. The number of nitrogens with two attached hydrogens (primary N) is 1. The number of amides is 1. The first-order chi connectivity index (χ1) is 13.1. The summed E-state index contributed by atoms with van der Waals surface area (Å²) >= 11 is 0. The third-order valence-electron chi connectivity index (χ3n) is 6.04. The Morgan fingerprint density at radius 3 is 2.39 bits per heavy atom. The van der Waals surface area contributed by atoms with Crippen molar-refractivity contribution in [2.24, 2.45) is 11.7 Å². The van der Waals surface area contributed by atoms with Gasteiger partial charge in [-0.25, -0.2) is 4.39 Å². The SMILES string of the molecule is C=C(N)[C@H](CC1CCCCC1)NC(=O)C1(c2ccc(C(F)(F)F)cc2F)CC1. The lowest BCUT2D eigenvalue weighted by Gasteiger charge is -2.28. The molecule has 2 aliphatic rings. The van der Waals surface area contributed by atoms with E-state index in [0.717, 1.165) is 37.8 Å². The molecule has 0 aliphatic heterocycles. The highest BCUT2D eigenvalue weighted by Gasteiger charge is 2.53. The molecule has 2 saturated carbocycles. The maximum atomic E-state index is 14.4. The number of alkyl halides is 3. The van der Waals surface area contributed by atoms with Crippen LogP contribution < -0.4 is 11.1 Å². The Hall–Kier alpha value is -2.05. The Kier molecular flexibility index (Phi) is 5.73. The number of carbonyl (C=O) groups excluding carboxylic acids is 1. The predicted molar refractivity (Wildman–Crippen MR) is 98.8 cm³/mol. The molecule has 0 aromatic heterocycles. The molecule has 2 aliphatic carbocycles. The molecular formula is C21H26F4N2O. The van der Waals surface area contributed by atoms with Crippen LogP contribution in [0.25, 0.3) is 0 Å². The molecule has 154 valence electrons. The van der Waals surface area contributed by atoms with E-state index in [1.165, 1.54) is 6.42 Å². The fraction of sp³-hybridized carbons (Fsp3) is 0.571. The highest BCUT2D eigenvalue weighted by Crippen LogP contribution is 2.50. The van der Waals surface area contributed by atoms with Gasteiger partial charge in [-0.15, -0.1) is 0 Å². The summed E-state index contributed by atoms with van der Waals surface area (Å²) in [4.78, 5) is 12.9. The minimum atomic E-state index is -4.62. The molecule has 7 heteroatoms. The van der Waals surface area contributed by atoms with Gasteiger partial charge in [0, 0.05) is 11.3 Å². The Balaban J connectivity index is 1.74. The van der Waals surface area contributed by atoms with Gasteiger partial charge in [0.05, 0.1) is 17.0 Å². The fourth-order valence-electron chi connectivity index (χ4n) is 4.18. The monoisotopic (exact) mass is 398 g/mol. The van der Waals surface area contributed by atoms with Gasteiger partial charge in [-0.3, -0.25) is 4.79 Å². The average Bonchev–Trinajstić information content (AvgIpc) is 3.43. The van der Waals surface area contributed by atoms with E-state index in [1.54, 1.807) is 0 Å². The first-order valence-electron chi connectivity index (χ1n) is 9.76. The molecule has 1 atom stereocenters. The molecule has 0 spiro atoms. The van der Waals surface area contributed by atoms with Crippen molar-refractivity contribution in [1.82, 2.24) is 5.32 Å². The van der Waals surface area contributed by atoms with Crippen LogP contribution in [0.5, 0.6) is 0 Å². The van der Waals surface area contributed by atoms with Gasteiger partial charge in [0.15, 0.2) is 0 Å².